The second-order valence-corrected chi connectivity index (χ2v) is 4.39. The molecule has 0 saturated carbocycles. The summed E-state index contributed by atoms with van der Waals surface area (Å²) < 4.78 is 18.2. The number of hydrogen-bond donors (Lipinski definition) is 1. The van der Waals surface area contributed by atoms with Gasteiger partial charge in [-0.25, -0.2) is 4.39 Å². The first-order valence-electron chi connectivity index (χ1n) is 6.38. The molecule has 0 unspecified atom stereocenters. The van der Waals surface area contributed by atoms with E-state index in [0.29, 0.717) is 11.3 Å². The number of rotatable bonds is 6. The third-order valence-corrected chi connectivity index (χ3v) is 2.91. The van der Waals surface area contributed by atoms with Gasteiger partial charge in [0.1, 0.15) is 11.6 Å². The minimum absolute atomic E-state index is 0.112. The van der Waals surface area contributed by atoms with Crippen molar-refractivity contribution >= 4 is 11.7 Å². The Bertz CT molecular complexity index is 653. The molecule has 0 aliphatic rings. The molecule has 4 nitrogen and oxygen atoms in total. The number of para-hydroxylation sites is 1. The largest absolute Gasteiger partial charge is 0.492 e. The highest BCUT2D eigenvalue weighted by atomic mass is 19.1. The second kappa shape index (κ2) is 6.65. The fourth-order valence-electron chi connectivity index (χ4n) is 1.83. The lowest BCUT2D eigenvalue weighted by Gasteiger charge is -2.09. The molecule has 108 valence electrons. The van der Waals surface area contributed by atoms with Crippen LogP contribution in [0.2, 0.25) is 0 Å². The van der Waals surface area contributed by atoms with Crippen LogP contribution in [-0.4, -0.2) is 18.3 Å². The maximum atomic E-state index is 12.8. The molecule has 5 heteroatoms. The average Bonchev–Trinajstić information content (AvgIpc) is 2.48. The number of carbonyl (C=O) groups excluding carboxylic acids is 2. The predicted molar refractivity (Wildman–Crippen MR) is 75.8 cm³/mol. The summed E-state index contributed by atoms with van der Waals surface area (Å²) in [5, 5.41) is 0. The number of ketones is 1. The van der Waals surface area contributed by atoms with Gasteiger partial charge in [-0.05, 0) is 36.4 Å². The normalized spacial score (nSPS) is 10.1. The number of nitrogens with two attached hydrogens (primary N) is 1. The van der Waals surface area contributed by atoms with Gasteiger partial charge in [0.05, 0.1) is 12.2 Å². The number of Topliss-reactive ketones (excluding diaryl/α,β-unsaturated/α-hetero) is 1. The van der Waals surface area contributed by atoms with Gasteiger partial charge in [0.15, 0.2) is 5.78 Å². The van der Waals surface area contributed by atoms with Crippen LogP contribution in [0.3, 0.4) is 0 Å². The number of hydrogen-bond acceptors (Lipinski definition) is 3. The predicted octanol–water partition coefficient (Wildman–Crippen LogP) is 2.58. The molecule has 2 rings (SSSR count). The lowest BCUT2D eigenvalue weighted by atomic mass is 10.1. The monoisotopic (exact) mass is 287 g/mol. The van der Waals surface area contributed by atoms with Gasteiger partial charge in [0.2, 0.25) is 0 Å². The molecule has 0 spiro atoms. The lowest BCUT2D eigenvalue weighted by molar-refractivity contribution is 0.0962. The molecule has 1 amide bonds. The van der Waals surface area contributed by atoms with Crippen LogP contribution in [0.1, 0.15) is 27.1 Å². The Hall–Kier alpha value is -2.69. The standard InChI is InChI=1S/C16H14FNO3/c17-12-7-5-11(6-8-12)14(19)9-10-21-15-4-2-1-3-13(15)16(18)20/h1-8H,9-10H2,(H2,18,20). The van der Waals surface area contributed by atoms with Crippen molar-refractivity contribution in [1.29, 1.82) is 0 Å². The Labute approximate surface area is 121 Å². The highest BCUT2D eigenvalue weighted by Gasteiger charge is 2.10. The zero-order valence-corrected chi connectivity index (χ0v) is 11.2. The minimum Gasteiger partial charge on any atom is -0.492 e. The summed E-state index contributed by atoms with van der Waals surface area (Å²) in [5.74, 6) is -0.794. The van der Waals surface area contributed by atoms with E-state index in [1.165, 1.54) is 24.3 Å². The van der Waals surface area contributed by atoms with Crippen molar-refractivity contribution in [3.63, 3.8) is 0 Å². The first-order chi connectivity index (χ1) is 10.1. The number of carbonyl (C=O) groups is 2. The molecule has 0 aromatic heterocycles. The lowest BCUT2D eigenvalue weighted by Crippen LogP contribution is -2.14. The maximum Gasteiger partial charge on any atom is 0.252 e. The summed E-state index contributed by atoms with van der Waals surface area (Å²) in [5.41, 5.74) is 5.92. The topological polar surface area (TPSA) is 69.4 Å². The van der Waals surface area contributed by atoms with Gasteiger partial charge >= 0.3 is 0 Å². The van der Waals surface area contributed by atoms with E-state index in [9.17, 15) is 14.0 Å². The summed E-state index contributed by atoms with van der Waals surface area (Å²) in [7, 11) is 0. The molecule has 0 fully saturated rings. The van der Waals surface area contributed by atoms with E-state index in [1.54, 1.807) is 24.3 Å². The third-order valence-electron chi connectivity index (χ3n) is 2.91. The smallest absolute Gasteiger partial charge is 0.252 e. The Morgan fingerprint density at radius 2 is 1.71 bits per heavy atom. The Morgan fingerprint density at radius 3 is 2.38 bits per heavy atom. The van der Waals surface area contributed by atoms with Crippen molar-refractivity contribution in [1.82, 2.24) is 0 Å². The van der Waals surface area contributed by atoms with Crippen LogP contribution < -0.4 is 10.5 Å². The number of ether oxygens (including phenoxy) is 1. The summed E-state index contributed by atoms with van der Waals surface area (Å²) in [4.78, 5) is 23.1. The van der Waals surface area contributed by atoms with Crippen LogP contribution in [0.15, 0.2) is 48.5 Å². The molecule has 0 heterocycles. The van der Waals surface area contributed by atoms with E-state index in [4.69, 9.17) is 10.5 Å². The fraction of sp³-hybridized carbons (Fsp3) is 0.125. The SMILES string of the molecule is NC(=O)c1ccccc1OCCC(=O)c1ccc(F)cc1. The average molecular weight is 287 g/mol. The van der Waals surface area contributed by atoms with Crippen LogP contribution in [0, 0.1) is 5.82 Å². The van der Waals surface area contributed by atoms with Gasteiger partial charge in [0.25, 0.3) is 5.91 Å². The maximum absolute atomic E-state index is 12.8. The molecule has 0 atom stereocenters. The van der Waals surface area contributed by atoms with Gasteiger partial charge in [-0.2, -0.15) is 0 Å². The van der Waals surface area contributed by atoms with Crippen molar-refractivity contribution in [3.8, 4) is 5.75 Å². The van der Waals surface area contributed by atoms with E-state index in [0.717, 1.165) is 0 Å². The summed E-state index contributed by atoms with van der Waals surface area (Å²) in [6, 6.07) is 11.9. The number of amides is 1. The van der Waals surface area contributed by atoms with Crippen LogP contribution in [-0.2, 0) is 0 Å². The van der Waals surface area contributed by atoms with E-state index in [2.05, 4.69) is 0 Å². The van der Waals surface area contributed by atoms with E-state index >= 15 is 0 Å². The zero-order valence-electron chi connectivity index (χ0n) is 11.2. The highest BCUT2D eigenvalue weighted by Crippen LogP contribution is 2.17. The number of primary amides is 1. The molecule has 2 N–H and O–H groups in total. The van der Waals surface area contributed by atoms with Gasteiger partial charge in [0, 0.05) is 12.0 Å². The Morgan fingerprint density at radius 1 is 1.05 bits per heavy atom. The summed E-state index contributed by atoms with van der Waals surface area (Å²) in [6.45, 7) is 0.112. The first-order valence-corrected chi connectivity index (χ1v) is 6.38. The van der Waals surface area contributed by atoms with Crippen LogP contribution >= 0.6 is 0 Å². The Kier molecular flexibility index (Phi) is 4.66. The molecule has 2 aromatic carbocycles. The highest BCUT2D eigenvalue weighted by molar-refractivity contribution is 5.96. The van der Waals surface area contributed by atoms with Gasteiger partial charge in [-0.3, -0.25) is 9.59 Å². The van der Waals surface area contributed by atoms with Crippen LogP contribution in [0.25, 0.3) is 0 Å². The van der Waals surface area contributed by atoms with Crippen LogP contribution in [0.4, 0.5) is 4.39 Å². The van der Waals surface area contributed by atoms with E-state index in [1.807, 2.05) is 0 Å². The van der Waals surface area contributed by atoms with Gasteiger partial charge in [-0.1, -0.05) is 12.1 Å². The summed E-state index contributed by atoms with van der Waals surface area (Å²) >= 11 is 0. The molecular weight excluding hydrogens is 273 g/mol. The number of benzene rings is 2. The molecule has 0 bridgehead atoms. The Balaban J connectivity index is 1.94. The molecule has 0 saturated heterocycles. The van der Waals surface area contributed by atoms with Crippen molar-refractivity contribution in [2.45, 2.75) is 6.42 Å². The van der Waals surface area contributed by atoms with E-state index < -0.39 is 11.7 Å². The van der Waals surface area contributed by atoms with E-state index in [-0.39, 0.29) is 24.4 Å². The van der Waals surface area contributed by atoms with Crippen molar-refractivity contribution in [2.75, 3.05) is 6.61 Å². The third kappa shape index (κ3) is 3.89. The van der Waals surface area contributed by atoms with Gasteiger partial charge < -0.3 is 10.5 Å². The molecule has 2 aromatic rings. The quantitative estimate of drug-likeness (QED) is 0.830. The number of halogens is 1. The zero-order chi connectivity index (χ0) is 15.2. The molecule has 21 heavy (non-hydrogen) atoms. The van der Waals surface area contributed by atoms with Crippen molar-refractivity contribution in [2.24, 2.45) is 5.73 Å². The second-order valence-electron chi connectivity index (χ2n) is 4.39. The summed E-state index contributed by atoms with van der Waals surface area (Å²) in [6.07, 6.45) is 0.124. The first kappa shape index (κ1) is 14.7. The molecular formula is C16H14FNO3. The minimum atomic E-state index is -0.588. The fourth-order valence-corrected chi connectivity index (χ4v) is 1.83. The van der Waals surface area contributed by atoms with Crippen molar-refractivity contribution in [3.05, 3.63) is 65.5 Å². The van der Waals surface area contributed by atoms with Crippen LogP contribution in [0.5, 0.6) is 5.75 Å². The molecule has 0 aliphatic carbocycles. The molecule has 0 radical (unpaired) electrons. The van der Waals surface area contributed by atoms with Crippen molar-refractivity contribution < 1.29 is 18.7 Å². The molecule has 0 aliphatic heterocycles. The van der Waals surface area contributed by atoms with Gasteiger partial charge in [-0.15, -0.1) is 0 Å².